The molecule has 0 fully saturated rings. The monoisotopic (exact) mass is 331 g/mol. The molecule has 0 aromatic carbocycles. The van der Waals surface area contributed by atoms with Crippen LogP contribution in [-0.2, 0) is 16.8 Å². The summed E-state index contributed by atoms with van der Waals surface area (Å²) in [6.45, 7) is 0.944. The molecule has 0 rings (SSSR count). The zero-order valence-corrected chi connectivity index (χ0v) is 10.5. The van der Waals surface area contributed by atoms with Crippen LogP contribution < -0.4 is 0 Å². The summed E-state index contributed by atoms with van der Waals surface area (Å²) < 4.78 is 0. The summed E-state index contributed by atoms with van der Waals surface area (Å²) in [5, 5.41) is 30.5. The smallest absolute Gasteiger partial charge is 0.679 e. The van der Waals surface area contributed by atoms with Crippen LogP contribution in [0.4, 0.5) is 0 Å². The fourth-order valence-corrected chi connectivity index (χ4v) is 0. The molecule has 0 unspecified atom stereocenters. The molecule has 0 aromatic rings. The van der Waals surface area contributed by atoms with Crippen molar-refractivity contribution in [2.24, 2.45) is 10.7 Å². The van der Waals surface area contributed by atoms with Crippen molar-refractivity contribution in [1.29, 1.82) is 0 Å². The van der Waals surface area contributed by atoms with Gasteiger partial charge in [0.1, 0.15) is 4.91 Å². The van der Waals surface area contributed by atoms with E-state index in [1.54, 1.807) is 0 Å². The summed E-state index contributed by atoms with van der Waals surface area (Å²) in [5.41, 5.74) is 25.1. The first kappa shape index (κ1) is 36.0. The molecule has 0 aliphatic carbocycles. The van der Waals surface area contributed by atoms with E-state index in [0.717, 1.165) is 10.7 Å². The Hall–Kier alpha value is -1.65. The molecule has 19 heavy (non-hydrogen) atoms. The van der Waals surface area contributed by atoms with Gasteiger partial charge in [0.05, 0.1) is 0 Å². The maximum atomic E-state index is 8.47. The van der Waals surface area contributed by atoms with E-state index in [2.05, 4.69) is 0 Å². The van der Waals surface area contributed by atoms with Gasteiger partial charge >= 0.3 is 21.9 Å². The van der Waals surface area contributed by atoms with Crippen LogP contribution in [-0.4, -0.2) is 41.7 Å². The summed E-state index contributed by atoms with van der Waals surface area (Å²) in [5.74, 6) is 0. The van der Waals surface area contributed by atoms with Crippen molar-refractivity contribution in [2.45, 2.75) is 0 Å². The average molecular weight is 331 g/mol. The molecule has 0 aliphatic rings. The molecule has 0 aliphatic heterocycles. The SMILES string of the molecule is O=N[O-].O=N[O-].O=[N+](O)O.[Co+3].[NH-]CC[NH-].[NH-]CC[NH-]. The first-order chi connectivity index (χ1) is 8.39. The summed E-state index contributed by atoms with van der Waals surface area (Å²) in [6.07, 6.45) is 0. The summed E-state index contributed by atoms with van der Waals surface area (Å²) >= 11 is 0. The fraction of sp³-hybridized carbons (Fsp3) is 1.00. The Labute approximate surface area is 118 Å². The van der Waals surface area contributed by atoms with Crippen molar-refractivity contribution in [2.75, 3.05) is 26.2 Å². The van der Waals surface area contributed by atoms with Gasteiger partial charge in [0.25, 0.3) is 0 Å². The molecule has 15 heteroatoms. The summed E-state index contributed by atoms with van der Waals surface area (Å²) in [4.78, 5) is 24.5. The van der Waals surface area contributed by atoms with Crippen LogP contribution in [0.25, 0.3) is 22.9 Å². The van der Waals surface area contributed by atoms with Crippen molar-refractivity contribution in [3.05, 3.63) is 48.1 Å². The molecule has 0 atom stereocenters. The van der Waals surface area contributed by atoms with Crippen LogP contribution in [0.3, 0.4) is 0 Å². The fourth-order valence-electron chi connectivity index (χ4n) is 0. The van der Waals surface area contributed by atoms with Gasteiger partial charge in [0.2, 0.25) is 0 Å². The van der Waals surface area contributed by atoms with Crippen molar-refractivity contribution < 1.29 is 32.3 Å². The van der Waals surface area contributed by atoms with Gasteiger partial charge in [-0.25, -0.2) is 10.4 Å². The van der Waals surface area contributed by atoms with E-state index in [0.29, 0.717) is 0 Å². The molecule has 0 amide bonds. The van der Waals surface area contributed by atoms with Gasteiger partial charge < -0.3 is 43.2 Å². The quantitative estimate of drug-likeness (QED) is 0.561. The second-order valence-corrected chi connectivity index (χ2v) is 1.40. The van der Waals surface area contributed by atoms with Crippen LogP contribution >= 0.6 is 0 Å². The third-order valence-corrected chi connectivity index (χ3v) is 0.250. The molecule has 14 nitrogen and oxygen atoms in total. The van der Waals surface area contributed by atoms with Gasteiger partial charge in [-0.3, -0.25) is 0 Å². The standard InChI is InChI=1S/2C2H6N2.Co.H2NO3.2HNO2/c2*3-1-2-4;;2-1(3)4;2*2-1-3/h2*3-4H,1-2H2;;(H2,2,3,4);2*(H,2,3)/q2*-2;+3;+1;;/p-2. The largest absolute Gasteiger partial charge is 3.00 e. The van der Waals surface area contributed by atoms with Gasteiger partial charge in [-0.1, -0.05) is 0 Å². The van der Waals surface area contributed by atoms with Gasteiger partial charge in [-0.05, 0) is 0 Å². The minimum atomic E-state index is -1.25. The van der Waals surface area contributed by atoms with Gasteiger partial charge in [-0.15, -0.1) is 10.7 Å². The minimum Gasteiger partial charge on any atom is -0.679 e. The Kier molecular flexibility index (Phi) is 135. The molecule has 0 saturated carbocycles. The van der Waals surface area contributed by atoms with E-state index >= 15 is 0 Å². The van der Waals surface area contributed by atoms with E-state index < -0.39 is 5.09 Å². The number of nitrogens with one attached hydrogen (secondary N) is 4. The van der Waals surface area contributed by atoms with E-state index in [9.17, 15) is 0 Å². The predicted octanol–water partition coefficient (Wildman–Crippen LogP) is 2.22. The molecule has 0 radical (unpaired) electrons. The Morgan fingerprint density at radius 1 is 0.842 bits per heavy atom. The number of rotatable bonds is 2. The maximum absolute atomic E-state index is 8.47. The zero-order chi connectivity index (χ0) is 15.8. The van der Waals surface area contributed by atoms with E-state index in [1.807, 2.05) is 0 Å². The zero-order valence-electron chi connectivity index (χ0n) is 9.44. The molecule has 0 aromatic heterocycles. The molecule has 0 saturated heterocycles. The number of nitrogens with zero attached hydrogens (tertiary/aromatic N) is 3. The molecule has 0 spiro atoms. The second-order valence-electron chi connectivity index (χ2n) is 1.40. The summed E-state index contributed by atoms with van der Waals surface area (Å²) in [6, 6.07) is 0. The van der Waals surface area contributed by atoms with Crippen LogP contribution in [0.15, 0.2) is 10.7 Å². The topological polar surface area (TPSA) is 261 Å². The Morgan fingerprint density at radius 3 is 0.895 bits per heavy atom. The molecular weight excluding hydrogens is 317 g/mol. The third-order valence-electron chi connectivity index (χ3n) is 0.250. The molecule has 118 valence electrons. The van der Waals surface area contributed by atoms with Gasteiger partial charge in [0, 0.05) is 0 Å². The molecule has 6 N–H and O–H groups in total. The van der Waals surface area contributed by atoms with Crippen LogP contribution in [0.1, 0.15) is 0 Å². The van der Waals surface area contributed by atoms with E-state index in [1.165, 1.54) is 0 Å². The van der Waals surface area contributed by atoms with Crippen LogP contribution in [0.2, 0.25) is 0 Å². The second kappa shape index (κ2) is 71.3. The first-order valence-corrected chi connectivity index (χ1v) is 3.73. The van der Waals surface area contributed by atoms with Crippen molar-refractivity contribution in [1.82, 2.24) is 0 Å². The van der Waals surface area contributed by atoms with Crippen molar-refractivity contribution in [3.63, 3.8) is 0 Å². The predicted molar refractivity (Wildman–Crippen MR) is 62.3 cm³/mol. The van der Waals surface area contributed by atoms with Crippen LogP contribution in [0.5, 0.6) is 0 Å². The average Bonchev–Trinajstić information content (AvgIpc) is 2.30. The Morgan fingerprint density at radius 2 is 0.895 bits per heavy atom. The van der Waals surface area contributed by atoms with Crippen molar-refractivity contribution >= 4 is 0 Å². The molecule has 0 heterocycles. The van der Waals surface area contributed by atoms with Gasteiger partial charge in [0.15, 0.2) is 0 Å². The maximum Gasteiger partial charge on any atom is 3.00 e. The number of hydrogen-bond donors (Lipinski definition) is 2. The van der Waals surface area contributed by atoms with Crippen LogP contribution in [0, 0.1) is 25.1 Å². The normalized spacial score (nSPS) is 5.68. The molecule has 0 bridgehead atoms. The van der Waals surface area contributed by atoms with E-state index in [4.69, 9.17) is 58.5 Å². The first-order valence-electron chi connectivity index (χ1n) is 3.73. The molecular formula is C4H14CoN7O7-2. The van der Waals surface area contributed by atoms with Gasteiger partial charge in [-0.2, -0.15) is 26.2 Å². The minimum absolute atomic E-state index is 0. The Bertz CT molecular complexity index is 135. The third kappa shape index (κ3) is 28000. The number of hydrogen-bond acceptors (Lipinski definition) is 7. The van der Waals surface area contributed by atoms with Crippen molar-refractivity contribution in [3.8, 4) is 0 Å². The van der Waals surface area contributed by atoms with E-state index in [-0.39, 0.29) is 43.0 Å². The summed E-state index contributed by atoms with van der Waals surface area (Å²) in [7, 11) is 0. The Balaban J connectivity index is -0.0000000276.